The van der Waals surface area contributed by atoms with E-state index in [1.807, 2.05) is 67.6 Å². The van der Waals surface area contributed by atoms with E-state index in [1.165, 1.54) is 0 Å². The minimum absolute atomic E-state index is 0.0941. The zero-order valence-electron chi connectivity index (χ0n) is 12.7. The van der Waals surface area contributed by atoms with Crippen LogP contribution in [0, 0.1) is 10.5 Å². The molecular weight excluding hydrogens is 397 g/mol. The summed E-state index contributed by atoms with van der Waals surface area (Å²) >= 11 is 2.32. The molecule has 0 spiro atoms. The lowest BCUT2D eigenvalue weighted by Gasteiger charge is -2.12. The summed E-state index contributed by atoms with van der Waals surface area (Å²) in [6.45, 7) is 2.01. The Morgan fingerprint density at radius 2 is 1.43 bits per heavy atom. The molecule has 0 heterocycles. The molecule has 1 N–H and O–H groups in total. The van der Waals surface area contributed by atoms with Crippen molar-refractivity contribution < 1.29 is 4.79 Å². The van der Waals surface area contributed by atoms with Gasteiger partial charge in [-0.25, -0.2) is 0 Å². The zero-order chi connectivity index (χ0) is 16.2. The molecule has 3 aromatic rings. The van der Waals surface area contributed by atoms with E-state index >= 15 is 0 Å². The van der Waals surface area contributed by atoms with Crippen LogP contribution in [-0.2, 0) is 0 Å². The minimum Gasteiger partial charge on any atom is -0.321 e. The average Bonchev–Trinajstić information content (AvgIpc) is 2.56. The van der Waals surface area contributed by atoms with E-state index in [4.69, 9.17) is 0 Å². The van der Waals surface area contributed by atoms with Crippen molar-refractivity contribution in [2.75, 3.05) is 5.32 Å². The molecule has 3 heteroatoms. The maximum absolute atomic E-state index is 12.5. The Hall–Kier alpha value is -2.14. The molecule has 0 aliphatic rings. The summed E-state index contributed by atoms with van der Waals surface area (Å²) in [6.07, 6.45) is 0. The number of amides is 1. The number of carbonyl (C=O) groups is 1. The van der Waals surface area contributed by atoms with E-state index in [-0.39, 0.29) is 5.91 Å². The van der Waals surface area contributed by atoms with Gasteiger partial charge >= 0.3 is 0 Å². The highest BCUT2D eigenvalue weighted by Crippen LogP contribution is 2.31. The third-order valence-corrected chi connectivity index (χ3v) is 4.59. The van der Waals surface area contributed by atoms with Crippen LogP contribution in [0.3, 0.4) is 0 Å². The van der Waals surface area contributed by atoms with Crippen LogP contribution in [0.1, 0.15) is 15.9 Å². The van der Waals surface area contributed by atoms with Crippen molar-refractivity contribution >= 4 is 34.2 Å². The topological polar surface area (TPSA) is 29.1 Å². The first-order chi connectivity index (χ1) is 11.1. The zero-order valence-corrected chi connectivity index (χ0v) is 14.9. The predicted octanol–water partition coefficient (Wildman–Crippen LogP) is 5.52. The summed E-state index contributed by atoms with van der Waals surface area (Å²) in [5.41, 5.74) is 4.77. The van der Waals surface area contributed by atoms with Gasteiger partial charge in [0.1, 0.15) is 0 Å². The third kappa shape index (κ3) is 3.62. The average molecular weight is 413 g/mol. The molecule has 0 atom stereocenters. The van der Waals surface area contributed by atoms with Crippen LogP contribution >= 0.6 is 22.6 Å². The van der Waals surface area contributed by atoms with Crippen LogP contribution in [0.2, 0.25) is 0 Å². The standard InChI is InChI=1S/C20H16INO/c1-14-10-12-15(13-11-14)20(23)22-19-9-5-3-7-17(19)16-6-2-4-8-18(16)21/h2-13H,1H3,(H,22,23). The maximum atomic E-state index is 12.5. The first kappa shape index (κ1) is 15.7. The monoisotopic (exact) mass is 413 g/mol. The number of hydrogen-bond acceptors (Lipinski definition) is 1. The normalized spacial score (nSPS) is 10.3. The largest absolute Gasteiger partial charge is 0.321 e. The number of para-hydroxylation sites is 1. The Kier molecular flexibility index (Phi) is 4.76. The van der Waals surface area contributed by atoms with Gasteiger partial charge in [-0.3, -0.25) is 4.79 Å². The molecule has 0 unspecified atom stereocenters. The summed E-state index contributed by atoms with van der Waals surface area (Å²) in [5, 5.41) is 3.03. The van der Waals surface area contributed by atoms with E-state index in [1.54, 1.807) is 0 Å². The SMILES string of the molecule is Cc1ccc(C(=O)Nc2ccccc2-c2ccccc2I)cc1. The van der Waals surface area contributed by atoms with Crippen molar-refractivity contribution in [2.45, 2.75) is 6.92 Å². The molecule has 0 aliphatic heterocycles. The van der Waals surface area contributed by atoms with Gasteiger partial charge in [0.2, 0.25) is 0 Å². The molecule has 0 radical (unpaired) electrons. The molecule has 3 aromatic carbocycles. The number of carbonyl (C=O) groups excluding carboxylic acids is 1. The molecular formula is C20H16INO. The molecule has 2 nitrogen and oxygen atoms in total. The molecule has 23 heavy (non-hydrogen) atoms. The smallest absolute Gasteiger partial charge is 0.255 e. The molecule has 0 aromatic heterocycles. The highest BCUT2D eigenvalue weighted by molar-refractivity contribution is 14.1. The summed E-state index contributed by atoms with van der Waals surface area (Å²) in [7, 11) is 0. The second-order valence-electron chi connectivity index (χ2n) is 5.35. The summed E-state index contributed by atoms with van der Waals surface area (Å²) < 4.78 is 1.15. The van der Waals surface area contributed by atoms with Crippen molar-refractivity contribution in [3.05, 3.63) is 87.5 Å². The number of nitrogens with one attached hydrogen (secondary N) is 1. The lowest BCUT2D eigenvalue weighted by atomic mass is 10.0. The van der Waals surface area contributed by atoms with E-state index in [9.17, 15) is 4.79 Å². The molecule has 0 saturated carbocycles. The quantitative estimate of drug-likeness (QED) is 0.563. The van der Waals surface area contributed by atoms with E-state index in [0.29, 0.717) is 5.56 Å². The Morgan fingerprint density at radius 1 is 0.826 bits per heavy atom. The highest BCUT2D eigenvalue weighted by Gasteiger charge is 2.11. The van der Waals surface area contributed by atoms with Crippen molar-refractivity contribution in [1.29, 1.82) is 0 Å². The molecule has 1 amide bonds. The van der Waals surface area contributed by atoms with Crippen LogP contribution in [0.5, 0.6) is 0 Å². The Balaban J connectivity index is 1.94. The fourth-order valence-electron chi connectivity index (χ4n) is 2.41. The fraction of sp³-hybridized carbons (Fsp3) is 0.0500. The van der Waals surface area contributed by atoms with Crippen molar-refractivity contribution in [3.63, 3.8) is 0 Å². The number of benzene rings is 3. The number of rotatable bonds is 3. The van der Waals surface area contributed by atoms with Crippen molar-refractivity contribution in [1.82, 2.24) is 0 Å². The van der Waals surface area contributed by atoms with Crippen LogP contribution in [0.4, 0.5) is 5.69 Å². The molecule has 0 aliphatic carbocycles. The van der Waals surface area contributed by atoms with Gasteiger partial charge in [0, 0.05) is 20.4 Å². The Morgan fingerprint density at radius 3 is 2.13 bits per heavy atom. The number of hydrogen-bond donors (Lipinski definition) is 1. The molecule has 3 rings (SSSR count). The van der Waals surface area contributed by atoms with E-state index < -0.39 is 0 Å². The van der Waals surface area contributed by atoms with Crippen LogP contribution in [-0.4, -0.2) is 5.91 Å². The van der Waals surface area contributed by atoms with Gasteiger partial charge in [0.25, 0.3) is 5.91 Å². The molecule has 0 fully saturated rings. The molecule has 114 valence electrons. The van der Waals surface area contributed by atoms with Gasteiger partial charge in [0.15, 0.2) is 0 Å². The van der Waals surface area contributed by atoms with Crippen LogP contribution < -0.4 is 5.32 Å². The van der Waals surface area contributed by atoms with Gasteiger partial charge in [-0.05, 0) is 59.3 Å². The Labute approximate surface area is 149 Å². The lowest BCUT2D eigenvalue weighted by Crippen LogP contribution is -2.12. The second kappa shape index (κ2) is 6.96. The molecule has 0 bridgehead atoms. The van der Waals surface area contributed by atoms with E-state index in [2.05, 4.69) is 40.0 Å². The maximum Gasteiger partial charge on any atom is 0.255 e. The van der Waals surface area contributed by atoms with Gasteiger partial charge in [0.05, 0.1) is 0 Å². The first-order valence-electron chi connectivity index (χ1n) is 7.37. The van der Waals surface area contributed by atoms with Crippen molar-refractivity contribution in [2.24, 2.45) is 0 Å². The van der Waals surface area contributed by atoms with Crippen LogP contribution in [0.15, 0.2) is 72.8 Å². The Bertz CT molecular complexity index is 840. The molecule has 0 saturated heterocycles. The van der Waals surface area contributed by atoms with E-state index in [0.717, 1.165) is 25.9 Å². The summed E-state index contributed by atoms with van der Waals surface area (Å²) in [6, 6.07) is 23.6. The second-order valence-corrected chi connectivity index (χ2v) is 6.51. The number of halogens is 1. The van der Waals surface area contributed by atoms with Gasteiger partial charge in [-0.15, -0.1) is 0 Å². The lowest BCUT2D eigenvalue weighted by molar-refractivity contribution is 0.102. The number of anilines is 1. The fourth-order valence-corrected chi connectivity index (χ4v) is 3.08. The van der Waals surface area contributed by atoms with Crippen molar-refractivity contribution in [3.8, 4) is 11.1 Å². The third-order valence-electron chi connectivity index (χ3n) is 3.65. The van der Waals surface area contributed by atoms with Gasteiger partial charge in [-0.1, -0.05) is 54.1 Å². The van der Waals surface area contributed by atoms with Gasteiger partial charge < -0.3 is 5.32 Å². The van der Waals surface area contributed by atoms with Crippen LogP contribution in [0.25, 0.3) is 11.1 Å². The minimum atomic E-state index is -0.0941. The summed E-state index contributed by atoms with van der Waals surface area (Å²) in [4.78, 5) is 12.5. The first-order valence-corrected chi connectivity index (χ1v) is 8.45. The summed E-state index contributed by atoms with van der Waals surface area (Å²) in [5.74, 6) is -0.0941. The highest BCUT2D eigenvalue weighted by atomic mass is 127. The predicted molar refractivity (Wildman–Crippen MR) is 104 cm³/mol. The van der Waals surface area contributed by atoms with Gasteiger partial charge in [-0.2, -0.15) is 0 Å². The number of aryl methyl sites for hydroxylation is 1.